The molecule has 1 heterocycles. The average molecular weight is 273 g/mol. The van der Waals surface area contributed by atoms with Gasteiger partial charge in [-0.1, -0.05) is 29.3 Å². The molecular weight excluding hydrogens is 267 g/mol. The Morgan fingerprint density at radius 1 is 1.19 bits per heavy atom. The summed E-state index contributed by atoms with van der Waals surface area (Å²) in [5.74, 6) is -0.0655. The van der Waals surface area contributed by atoms with E-state index in [2.05, 4.69) is 0 Å². The number of thiophene rings is 1. The molecule has 2 rings (SSSR count). The predicted molar refractivity (Wildman–Crippen MR) is 65.7 cm³/mol. The number of benzene rings is 1. The van der Waals surface area contributed by atoms with Crippen molar-refractivity contribution in [2.45, 2.75) is 0 Å². The van der Waals surface area contributed by atoms with E-state index in [0.717, 1.165) is 0 Å². The fourth-order valence-electron chi connectivity index (χ4n) is 1.14. The fourth-order valence-corrected chi connectivity index (χ4v) is 2.24. The molecule has 0 aliphatic carbocycles. The van der Waals surface area contributed by atoms with Gasteiger partial charge in [0, 0.05) is 10.0 Å². The molecule has 82 valence electrons. The van der Waals surface area contributed by atoms with Crippen molar-refractivity contribution < 1.29 is 9.53 Å². The van der Waals surface area contributed by atoms with Gasteiger partial charge in [-0.05, 0) is 29.6 Å². The monoisotopic (exact) mass is 272 g/mol. The van der Waals surface area contributed by atoms with Crippen LogP contribution >= 0.6 is 34.5 Å². The number of rotatable bonds is 2. The van der Waals surface area contributed by atoms with Gasteiger partial charge in [-0.15, -0.1) is 11.3 Å². The topological polar surface area (TPSA) is 26.3 Å². The summed E-state index contributed by atoms with van der Waals surface area (Å²) in [5.41, 5.74) is 0. The quantitative estimate of drug-likeness (QED) is 0.603. The van der Waals surface area contributed by atoms with Gasteiger partial charge in [0.1, 0.15) is 10.6 Å². The molecule has 2 nitrogen and oxygen atoms in total. The maximum Gasteiger partial charge on any atom is 0.353 e. The standard InChI is InChI=1S/C11H6Cl2O2S/c12-7-4-8(13)6-9(5-7)15-11(14)10-2-1-3-16-10/h1-6H. The zero-order valence-electron chi connectivity index (χ0n) is 7.94. The molecule has 16 heavy (non-hydrogen) atoms. The molecule has 0 N–H and O–H groups in total. The van der Waals surface area contributed by atoms with Crippen LogP contribution in [0.5, 0.6) is 5.75 Å². The first kappa shape index (κ1) is 11.5. The number of hydrogen-bond donors (Lipinski definition) is 0. The molecule has 5 heteroatoms. The molecule has 1 aromatic heterocycles. The molecule has 0 radical (unpaired) electrons. The molecule has 0 amide bonds. The lowest BCUT2D eigenvalue weighted by molar-refractivity contribution is 0.0740. The summed E-state index contributed by atoms with van der Waals surface area (Å²) in [4.78, 5) is 12.1. The normalized spacial score (nSPS) is 10.1. The first-order chi connectivity index (χ1) is 7.65. The minimum absolute atomic E-state index is 0.343. The van der Waals surface area contributed by atoms with Gasteiger partial charge in [0.2, 0.25) is 0 Å². The third-order valence-electron chi connectivity index (χ3n) is 1.77. The van der Waals surface area contributed by atoms with Crippen LogP contribution in [-0.2, 0) is 0 Å². The molecule has 0 spiro atoms. The zero-order chi connectivity index (χ0) is 11.5. The van der Waals surface area contributed by atoms with Crippen LogP contribution in [0.3, 0.4) is 0 Å². The highest BCUT2D eigenvalue weighted by Gasteiger charge is 2.10. The highest BCUT2D eigenvalue weighted by molar-refractivity contribution is 7.12. The van der Waals surface area contributed by atoms with Crippen LogP contribution in [-0.4, -0.2) is 5.97 Å². The third-order valence-corrected chi connectivity index (χ3v) is 3.06. The number of ether oxygens (including phenoxy) is 1. The second kappa shape index (κ2) is 4.87. The Bertz CT molecular complexity index is 488. The summed E-state index contributed by atoms with van der Waals surface area (Å²) in [6, 6.07) is 8.13. The van der Waals surface area contributed by atoms with Gasteiger partial charge < -0.3 is 4.74 Å². The van der Waals surface area contributed by atoms with Gasteiger partial charge in [-0.2, -0.15) is 0 Å². The minimum Gasteiger partial charge on any atom is -0.422 e. The van der Waals surface area contributed by atoms with Gasteiger partial charge in [-0.3, -0.25) is 0 Å². The molecule has 2 aromatic rings. The number of halogens is 2. The van der Waals surface area contributed by atoms with Crippen molar-refractivity contribution in [3.63, 3.8) is 0 Å². The highest BCUT2D eigenvalue weighted by Crippen LogP contribution is 2.25. The first-order valence-corrected chi connectivity index (χ1v) is 6.00. The van der Waals surface area contributed by atoms with Crippen LogP contribution in [0, 0.1) is 0 Å². The largest absolute Gasteiger partial charge is 0.422 e. The Balaban J connectivity index is 2.18. The van der Waals surface area contributed by atoms with Gasteiger partial charge in [-0.25, -0.2) is 4.79 Å². The van der Waals surface area contributed by atoms with Crippen LogP contribution in [0.2, 0.25) is 10.0 Å². The van der Waals surface area contributed by atoms with Crippen LogP contribution in [0.4, 0.5) is 0 Å². The van der Waals surface area contributed by atoms with Crippen LogP contribution in [0.15, 0.2) is 35.7 Å². The van der Waals surface area contributed by atoms with Crippen LogP contribution in [0.25, 0.3) is 0 Å². The van der Waals surface area contributed by atoms with Crippen molar-refractivity contribution in [2.24, 2.45) is 0 Å². The van der Waals surface area contributed by atoms with Crippen molar-refractivity contribution in [3.8, 4) is 5.75 Å². The molecule has 0 atom stereocenters. The smallest absolute Gasteiger partial charge is 0.353 e. The molecule has 1 aromatic carbocycles. The summed E-state index contributed by atoms with van der Waals surface area (Å²) in [5, 5.41) is 2.67. The highest BCUT2D eigenvalue weighted by atomic mass is 35.5. The second-order valence-corrected chi connectivity index (χ2v) is 4.79. The Morgan fingerprint density at radius 2 is 1.88 bits per heavy atom. The molecule has 0 aliphatic heterocycles. The molecule has 0 unspecified atom stereocenters. The lowest BCUT2D eigenvalue weighted by atomic mass is 10.3. The van der Waals surface area contributed by atoms with Gasteiger partial charge in [0.15, 0.2) is 0 Å². The summed E-state index contributed by atoms with van der Waals surface area (Å²) in [7, 11) is 0. The van der Waals surface area contributed by atoms with E-state index in [1.54, 1.807) is 30.3 Å². The van der Waals surface area contributed by atoms with E-state index in [4.69, 9.17) is 27.9 Å². The molecule has 0 saturated heterocycles. The van der Waals surface area contributed by atoms with Gasteiger partial charge >= 0.3 is 5.97 Å². The lowest BCUT2D eigenvalue weighted by Crippen LogP contribution is -2.06. The third kappa shape index (κ3) is 2.76. The van der Waals surface area contributed by atoms with Crippen molar-refractivity contribution in [1.82, 2.24) is 0 Å². The Labute approximate surface area is 106 Å². The van der Waals surface area contributed by atoms with E-state index in [9.17, 15) is 4.79 Å². The number of hydrogen-bond acceptors (Lipinski definition) is 3. The van der Waals surface area contributed by atoms with E-state index in [1.807, 2.05) is 5.38 Å². The van der Waals surface area contributed by atoms with E-state index in [1.165, 1.54) is 11.3 Å². The Hall–Kier alpha value is -1.03. The summed E-state index contributed by atoms with van der Waals surface area (Å²) < 4.78 is 5.12. The van der Waals surface area contributed by atoms with Crippen molar-refractivity contribution >= 4 is 40.5 Å². The second-order valence-electron chi connectivity index (χ2n) is 2.97. The average Bonchev–Trinajstić information content (AvgIpc) is 2.68. The first-order valence-electron chi connectivity index (χ1n) is 4.37. The SMILES string of the molecule is O=C(Oc1cc(Cl)cc(Cl)c1)c1cccs1. The van der Waals surface area contributed by atoms with E-state index in [0.29, 0.717) is 20.7 Å². The van der Waals surface area contributed by atoms with Crippen molar-refractivity contribution in [1.29, 1.82) is 0 Å². The van der Waals surface area contributed by atoms with Crippen molar-refractivity contribution in [3.05, 3.63) is 50.6 Å². The Morgan fingerprint density at radius 3 is 2.44 bits per heavy atom. The lowest BCUT2D eigenvalue weighted by Gasteiger charge is -2.03. The molecule has 0 bridgehead atoms. The zero-order valence-corrected chi connectivity index (χ0v) is 10.3. The summed E-state index contributed by atoms with van der Waals surface area (Å²) >= 11 is 12.9. The van der Waals surface area contributed by atoms with Gasteiger partial charge in [0.05, 0.1) is 0 Å². The van der Waals surface area contributed by atoms with E-state index >= 15 is 0 Å². The van der Waals surface area contributed by atoms with Crippen molar-refractivity contribution in [2.75, 3.05) is 0 Å². The van der Waals surface area contributed by atoms with Crippen LogP contribution < -0.4 is 4.74 Å². The van der Waals surface area contributed by atoms with E-state index in [-0.39, 0.29) is 0 Å². The van der Waals surface area contributed by atoms with Crippen LogP contribution in [0.1, 0.15) is 9.67 Å². The molecule has 0 saturated carbocycles. The molecular formula is C11H6Cl2O2S. The summed E-state index contributed by atoms with van der Waals surface area (Å²) in [6.45, 7) is 0. The Kier molecular flexibility index (Phi) is 3.49. The maximum absolute atomic E-state index is 11.6. The van der Waals surface area contributed by atoms with Gasteiger partial charge in [0.25, 0.3) is 0 Å². The molecule has 0 fully saturated rings. The van der Waals surface area contributed by atoms with E-state index < -0.39 is 5.97 Å². The predicted octanol–water partition coefficient (Wildman–Crippen LogP) is 4.27. The maximum atomic E-state index is 11.6. The summed E-state index contributed by atoms with van der Waals surface area (Å²) in [6.07, 6.45) is 0. The fraction of sp³-hybridized carbons (Fsp3) is 0. The number of esters is 1. The number of carbonyl (C=O) groups is 1. The number of carbonyl (C=O) groups excluding carboxylic acids is 1. The molecule has 0 aliphatic rings. The minimum atomic E-state index is -0.409.